The Labute approximate surface area is 129 Å². The number of hydrogen-bond acceptors (Lipinski definition) is 6. The molecule has 8 nitrogen and oxygen atoms in total. The number of rotatable bonds is 4. The van der Waals surface area contributed by atoms with Gasteiger partial charge in [-0.1, -0.05) is 0 Å². The van der Waals surface area contributed by atoms with Gasteiger partial charge in [-0.2, -0.15) is 0 Å². The van der Waals surface area contributed by atoms with Crippen LogP contribution in [0.5, 0.6) is 0 Å². The van der Waals surface area contributed by atoms with Crippen LogP contribution >= 0.6 is 0 Å². The summed E-state index contributed by atoms with van der Waals surface area (Å²) in [5.41, 5.74) is 1.95. The molecule has 0 amide bonds. The molecule has 0 aliphatic carbocycles. The lowest BCUT2D eigenvalue weighted by molar-refractivity contribution is -0.385. The molecule has 23 heavy (non-hydrogen) atoms. The maximum atomic E-state index is 10.8. The maximum Gasteiger partial charge on any atom is 0.288 e. The first-order chi connectivity index (χ1) is 11.0. The van der Waals surface area contributed by atoms with E-state index < -0.39 is 9.85 Å². The first kappa shape index (κ1) is 14.4. The van der Waals surface area contributed by atoms with Crippen LogP contribution in [0, 0.1) is 20.2 Å². The Morgan fingerprint density at radius 3 is 2.13 bits per heavy atom. The van der Waals surface area contributed by atoms with E-state index in [1.54, 1.807) is 30.3 Å². The number of nitro benzene ring substituents is 1. The second kappa shape index (κ2) is 5.68. The molecule has 2 aromatic carbocycles. The third-order valence-electron chi connectivity index (χ3n) is 3.24. The molecule has 0 saturated carbocycles. The molecular weight excluding hydrogens is 300 g/mol. The van der Waals surface area contributed by atoms with Gasteiger partial charge in [0.2, 0.25) is 0 Å². The highest BCUT2D eigenvalue weighted by molar-refractivity contribution is 5.84. The van der Waals surface area contributed by atoms with Crippen LogP contribution in [0.2, 0.25) is 0 Å². The van der Waals surface area contributed by atoms with E-state index in [9.17, 15) is 20.2 Å². The van der Waals surface area contributed by atoms with Crippen LogP contribution in [0.1, 0.15) is 0 Å². The summed E-state index contributed by atoms with van der Waals surface area (Å²) in [6.45, 7) is 0. The number of hydrogen-bond donors (Lipinski definition) is 1. The lowest BCUT2D eigenvalue weighted by Crippen LogP contribution is -1.93. The number of pyridine rings is 1. The fourth-order valence-electron chi connectivity index (χ4n) is 2.13. The molecule has 1 aromatic heterocycles. The predicted molar refractivity (Wildman–Crippen MR) is 84.8 cm³/mol. The van der Waals surface area contributed by atoms with E-state index in [0.717, 1.165) is 0 Å². The molecule has 0 bridgehead atoms. The molecule has 3 aromatic rings. The van der Waals surface area contributed by atoms with Crippen LogP contribution in [-0.2, 0) is 0 Å². The van der Waals surface area contributed by atoms with Gasteiger partial charge in [-0.25, -0.2) is 4.98 Å². The van der Waals surface area contributed by atoms with Crippen molar-refractivity contribution in [2.75, 3.05) is 5.32 Å². The monoisotopic (exact) mass is 310 g/mol. The van der Waals surface area contributed by atoms with Gasteiger partial charge in [-0.3, -0.25) is 20.2 Å². The minimum Gasteiger partial charge on any atom is -0.356 e. The summed E-state index contributed by atoms with van der Waals surface area (Å²) < 4.78 is 0. The van der Waals surface area contributed by atoms with Gasteiger partial charge in [0.05, 0.1) is 15.4 Å². The van der Waals surface area contributed by atoms with Crippen molar-refractivity contribution in [2.24, 2.45) is 0 Å². The lowest BCUT2D eigenvalue weighted by Gasteiger charge is -2.07. The molecule has 8 heteroatoms. The van der Waals surface area contributed by atoms with Gasteiger partial charge >= 0.3 is 0 Å². The quantitative estimate of drug-likeness (QED) is 0.579. The fourth-order valence-corrected chi connectivity index (χ4v) is 2.13. The Morgan fingerprint density at radius 1 is 0.826 bits per heavy atom. The second-order valence-corrected chi connectivity index (χ2v) is 4.79. The first-order valence-corrected chi connectivity index (χ1v) is 6.58. The van der Waals surface area contributed by atoms with Gasteiger partial charge in [0.25, 0.3) is 11.4 Å². The molecule has 3 rings (SSSR count). The molecule has 0 radical (unpaired) electrons. The average molecular weight is 310 g/mol. The smallest absolute Gasteiger partial charge is 0.288 e. The van der Waals surface area contributed by atoms with Gasteiger partial charge in [0, 0.05) is 35.0 Å². The highest BCUT2D eigenvalue weighted by atomic mass is 16.6. The van der Waals surface area contributed by atoms with E-state index in [1.165, 1.54) is 24.4 Å². The van der Waals surface area contributed by atoms with Gasteiger partial charge in [-0.05, 0) is 30.3 Å². The first-order valence-electron chi connectivity index (χ1n) is 6.58. The van der Waals surface area contributed by atoms with E-state index in [4.69, 9.17) is 0 Å². The summed E-state index contributed by atoms with van der Waals surface area (Å²) in [6, 6.07) is 12.7. The topological polar surface area (TPSA) is 111 Å². The summed E-state index contributed by atoms with van der Waals surface area (Å²) in [6.07, 6.45) is 1.21. The molecule has 0 atom stereocenters. The molecular formula is C15H10N4O4. The van der Waals surface area contributed by atoms with Crippen LogP contribution in [-0.4, -0.2) is 14.8 Å². The summed E-state index contributed by atoms with van der Waals surface area (Å²) in [5.74, 6) is 0. The van der Waals surface area contributed by atoms with Crippen LogP contribution in [0.3, 0.4) is 0 Å². The Bertz CT molecular complexity index is 909. The number of nitrogens with zero attached hydrogens (tertiary/aromatic N) is 3. The van der Waals surface area contributed by atoms with Crippen LogP contribution in [0.25, 0.3) is 10.9 Å². The Hall–Kier alpha value is -3.55. The molecule has 1 N–H and O–H groups in total. The summed E-state index contributed by atoms with van der Waals surface area (Å²) in [5, 5.41) is 25.2. The van der Waals surface area contributed by atoms with E-state index in [1.807, 2.05) is 0 Å². The molecule has 0 aliphatic heterocycles. The number of aromatic nitrogens is 1. The van der Waals surface area contributed by atoms with Crippen molar-refractivity contribution in [3.05, 3.63) is 75.0 Å². The van der Waals surface area contributed by atoms with E-state index >= 15 is 0 Å². The highest BCUT2D eigenvalue weighted by Crippen LogP contribution is 2.25. The van der Waals surface area contributed by atoms with Crippen molar-refractivity contribution in [3.63, 3.8) is 0 Å². The Morgan fingerprint density at radius 2 is 1.48 bits per heavy atom. The van der Waals surface area contributed by atoms with Gasteiger partial charge in [0.1, 0.15) is 6.20 Å². The Kier molecular flexibility index (Phi) is 3.55. The van der Waals surface area contributed by atoms with Crippen LogP contribution in [0.15, 0.2) is 54.7 Å². The zero-order chi connectivity index (χ0) is 16.4. The fraction of sp³-hybridized carbons (Fsp3) is 0. The predicted octanol–water partition coefficient (Wildman–Crippen LogP) is 3.79. The summed E-state index contributed by atoms with van der Waals surface area (Å²) >= 11 is 0. The number of anilines is 2. The largest absolute Gasteiger partial charge is 0.356 e. The SMILES string of the molecule is O=[N+]([O-])c1ccc(Nc2ccc3ncc([N+](=O)[O-])cc3c2)cc1. The molecule has 0 fully saturated rings. The number of nitrogens with one attached hydrogen (secondary N) is 1. The zero-order valence-electron chi connectivity index (χ0n) is 11.7. The van der Waals surface area contributed by atoms with Crippen molar-refractivity contribution in [1.29, 1.82) is 0 Å². The molecule has 0 unspecified atom stereocenters. The number of non-ortho nitro benzene ring substituents is 1. The van der Waals surface area contributed by atoms with Crippen molar-refractivity contribution in [3.8, 4) is 0 Å². The van der Waals surface area contributed by atoms with Gasteiger partial charge in [0.15, 0.2) is 0 Å². The molecule has 0 aliphatic rings. The molecule has 0 spiro atoms. The zero-order valence-corrected chi connectivity index (χ0v) is 11.7. The van der Waals surface area contributed by atoms with E-state index in [0.29, 0.717) is 22.3 Å². The lowest BCUT2D eigenvalue weighted by atomic mass is 10.2. The normalized spacial score (nSPS) is 10.4. The third kappa shape index (κ3) is 3.05. The number of nitro groups is 2. The summed E-state index contributed by atoms with van der Waals surface area (Å²) in [4.78, 5) is 24.5. The molecule has 0 saturated heterocycles. The van der Waals surface area contributed by atoms with Crippen molar-refractivity contribution < 1.29 is 9.85 Å². The highest BCUT2D eigenvalue weighted by Gasteiger charge is 2.08. The van der Waals surface area contributed by atoms with Crippen molar-refractivity contribution >= 4 is 33.7 Å². The van der Waals surface area contributed by atoms with Crippen LogP contribution in [0.4, 0.5) is 22.7 Å². The number of fused-ring (bicyclic) bond motifs is 1. The van der Waals surface area contributed by atoms with Crippen molar-refractivity contribution in [2.45, 2.75) is 0 Å². The minimum atomic E-state index is -0.497. The van der Waals surface area contributed by atoms with Gasteiger partial charge < -0.3 is 5.32 Å². The number of benzene rings is 2. The Balaban J connectivity index is 1.90. The standard InChI is InChI=1S/C15H10N4O4/c20-18(21)13-4-1-11(2-5-13)17-12-3-6-15-10(7-12)8-14(9-16-15)19(22)23/h1-9,17H. The molecule has 1 heterocycles. The van der Waals surface area contributed by atoms with Crippen molar-refractivity contribution in [1.82, 2.24) is 4.98 Å². The van der Waals surface area contributed by atoms with Gasteiger partial charge in [-0.15, -0.1) is 0 Å². The van der Waals surface area contributed by atoms with Crippen LogP contribution < -0.4 is 5.32 Å². The second-order valence-electron chi connectivity index (χ2n) is 4.79. The van der Waals surface area contributed by atoms with E-state index in [2.05, 4.69) is 10.3 Å². The minimum absolute atomic E-state index is 0.00823. The maximum absolute atomic E-state index is 10.8. The third-order valence-corrected chi connectivity index (χ3v) is 3.24. The average Bonchev–Trinajstić information content (AvgIpc) is 2.54. The van der Waals surface area contributed by atoms with E-state index in [-0.39, 0.29) is 11.4 Å². The summed E-state index contributed by atoms with van der Waals surface area (Å²) in [7, 11) is 0. The molecule has 114 valence electrons.